The second-order valence-electron chi connectivity index (χ2n) is 16.7. The minimum absolute atomic E-state index is 0.0712. The van der Waals surface area contributed by atoms with Gasteiger partial charge in [0, 0.05) is 13.5 Å². The van der Waals surface area contributed by atoms with Gasteiger partial charge in [-0.1, -0.05) is 45.1 Å². The largest absolute Gasteiger partial charge is 0.466 e. The zero-order valence-corrected chi connectivity index (χ0v) is 30.5. The van der Waals surface area contributed by atoms with E-state index in [1.165, 1.54) is 0 Å². The fourth-order valence-electron chi connectivity index (χ4n) is 10.6. The molecule has 13 atom stereocenters. The molecule has 0 aromatic carbocycles. The molecule has 0 spiro atoms. The predicted octanol–water partition coefficient (Wildman–Crippen LogP) is 5.33. The molecule has 1 saturated heterocycles. The molecule has 0 bridgehead atoms. The van der Waals surface area contributed by atoms with Crippen LogP contribution in [0, 0.1) is 39.9 Å². The van der Waals surface area contributed by atoms with Crippen LogP contribution < -0.4 is 0 Å². The molecule has 9 nitrogen and oxygen atoms in total. The third kappa shape index (κ3) is 7.15. The van der Waals surface area contributed by atoms with E-state index >= 15 is 0 Å². The van der Waals surface area contributed by atoms with E-state index < -0.39 is 41.9 Å². The average molecular weight is 665 g/mol. The molecule has 13 unspecified atom stereocenters. The third-order valence-corrected chi connectivity index (χ3v) is 13.5. The Morgan fingerprint density at radius 1 is 1.06 bits per heavy atom. The van der Waals surface area contributed by atoms with Crippen LogP contribution in [0.2, 0.25) is 0 Å². The summed E-state index contributed by atoms with van der Waals surface area (Å²) in [6.45, 7) is 21.5. The van der Waals surface area contributed by atoms with Crippen molar-refractivity contribution in [2.75, 3.05) is 20.3 Å². The second-order valence-corrected chi connectivity index (χ2v) is 16.7. The second kappa shape index (κ2) is 14.1. The van der Waals surface area contributed by atoms with Gasteiger partial charge < -0.3 is 39.4 Å². The van der Waals surface area contributed by atoms with Crippen molar-refractivity contribution in [2.45, 2.75) is 149 Å². The summed E-state index contributed by atoms with van der Waals surface area (Å²) >= 11 is 0. The summed E-state index contributed by atoms with van der Waals surface area (Å²) < 4.78 is 23.6. The fraction of sp³-hybridized carbons (Fsp3) is 0.868. The van der Waals surface area contributed by atoms with Crippen molar-refractivity contribution in [3.05, 3.63) is 24.3 Å². The van der Waals surface area contributed by atoms with E-state index in [9.17, 15) is 25.2 Å². The highest BCUT2D eigenvalue weighted by molar-refractivity contribution is 5.69. The number of hydrogen-bond acceptors (Lipinski definition) is 9. The molecule has 4 rings (SSSR count). The van der Waals surface area contributed by atoms with Gasteiger partial charge in [-0.25, -0.2) is 0 Å². The maximum absolute atomic E-state index is 12.7. The first kappa shape index (κ1) is 38.5. The molecule has 3 saturated carbocycles. The maximum Gasteiger partial charge on any atom is 0.305 e. The van der Waals surface area contributed by atoms with Crippen molar-refractivity contribution in [1.82, 2.24) is 0 Å². The minimum atomic E-state index is -1.41. The number of aliphatic hydroxyl groups excluding tert-OH is 3. The molecule has 4 N–H and O–H groups in total. The highest BCUT2D eigenvalue weighted by Crippen LogP contribution is 2.74. The highest BCUT2D eigenvalue weighted by atomic mass is 16.7. The van der Waals surface area contributed by atoms with Gasteiger partial charge in [-0.2, -0.15) is 0 Å². The molecule has 0 radical (unpaired) electrons. The Hall–Kier alpha value is -1.33. The van der Waals surface area contributed by atoms with Gasteiger partial charge in [0.05, 0.1) is 30.5 Å². The van der Waals surface area contributed by atoms with Crippen LogP contribution in [0.3, 0.4) is 0 Å². The van der Waals surface area contributed by atoms with Crippen molar-refractivity contribution in [1.29, 1.82) is 0 Å². The van der Waals surface area contributed by atoms with E-state index in [0.29, 0.717) is 32.3 Å². The maximum atomic E-state index is 12.7. The smallest absolute Gasteiger partial charge is 0.305 e. The van der Waals surface area contributed by atoms with Gasteiger partial charge in [0.15, 0.2) is 6.29 Å². The van der Waals surface area contributed by atoms with Crippen molar-refractivity contribution in [2.24, 2.45) is 39.9 Å². The van der Waals surface area contributed by atoms with Gasteiger partial charge in [0.25, 0.3) is 0 Å². The topological polar surface area (TPSA) is 135 Å². The number of allylic oxidation sites excluding steroid dienone is 1. The van der Waals surface area contributed by atoms with E-state index in [1.807, 2.05) is 39.8 Å². The first-order valence-corrected chi connectivity index (χ1v) is 17.9. The summed E-state index contributed by atoms with van der Waals surface area (Å²) in [4.78, 5) is 12.7. The molecule has 0 aromatic rings. The molecule has 0 aromatic heterocycles. The van der Waals surface area contributed by atoms with Crippen LogP contribution in [0.5, 0.6) is 0 Å². The van der Waals surface area contributed by atoms with Crippen LogP contribution in [0.25, 0.3) is 0 Å². The van der Waals surface area contributed by atoms with E-state index in [1.54, 1.807) is 7.11 Å². The molecule has 1 aliphatic heterocycles. The molecule has 3 aliphatic carbocycles. The Labute approximate surface area is 283 Å². The van der Waals surface area contributed by atoms with E-state index in [2.05, 4.69) is 34.3 Å². The number of methoxy groups -OCH3 is 1. The number of aliphatic hydroxyl groups is 4. The molecule has 270 valence electrons. The van der Waals surface area contributed by atoms with Crippen LogP contribution in [0.15, 0.2) is 24.3 Å². The number of ether oxygens (including phenoxy) is 4. The molecule has 1 heterocycles. The lowest BCUT2D eigenvalue weighted by Gasteiger charge is -2.68. The zero-order chi connectivity index (χ0) is 35.2. The van der Waals surface area contributed by atoms with Crippen molar-refractivity contribution in [3.8, 4) is 0 Å². The number of fused-ring (bicyclic) bond motifs is 3. The predicted molar refractivity (Wildman–Crippen MR) is 180 cm³/mol. The van der Waals surface area contributed by atoms with Gasteiger partial charge >= 0.3 is 5.97 Å². The first-order chi connectivity index (χ1) is 21.8. The van der Waals surface area contributed by atoms with Gasteiger partial charge in [0.2, 0.25) is 0 Å². The molecule has 47 heavy (non-hydrogen) atoms. The van der Waals surface area contributed by atoms with Gasteiger partial charge in [-0.3, -0.25) is 4.79 Å². The van der Waals surface area contributed by atoms with Crippen LogP contribution in [-0.2, 0) is 23.7 Å². The standard InChI is InChI=1S/C38H64O9/c1-11-45-29(40)15-18-35(6)24(23(2)3)13-19-36(7)28(35)21-27(47-33-32(42)31(41)26(39)22-46-33)30-25(14-20-37(30,36)8)38(9,43)17-12-16-34(4,5)44-10/h12,16,24-28,30-33,39,41-43H,2,11,13-15,17-22H2,1,3-10H3. The minimum Gasteiger partial charge on any atom is -0.466 e. The average Bonchev–Trinajstić information content (AvgIpc) is 3.37. The number of carbonyl (C=O) groups is 1. The molecule has 0 amide bonds. The summed E-state index contributed by atoms with van der Waals surface area (Å²) in [5.74, 6) is -0.0287. The number of carbonyl (C=O) groups excluding carboxylic acids is 1. The van der Waals surface area contributed by atoms with Gasteiger partial charge in [-0.15, -0.1) is 0 Å². The lowest BCUT2D eigenvalue weighted by molar-refractivity contribution is -0.312. The summed E-state index contributed by atoms with van der Waals surface area (Å²) in [5.41, 5.74) is -1.03. The SMILES string of the molecule is C=C(C)C1CCC2(C)C(CC(OC3OCC(O)C(O)C3O)C3C(C(C)(O)CC=CC(C)(C)OC)CCC32C)C1(C)CCC(=O)OCC. The first-order valence-electron chi connectivity index (χ1n) is 17.9. The number of esters is 1. The number of rotatable bonds is 12. The van der Waals surface area contributed by atoms with Gasteiger partial charge in [0.1, 0.15) is 18.3 Å². The lowest BCUT2D eigenvalue weighted by atomic mass is 9.37. The monoisotopic (exact) mass is 664 g/mol. The van der Waals surface area contributed by atoms with Crippen molar-refractivity contribution in [3.63, 3.8) is 0 Å². The fourth-order valence-corrected chi connectivity index (χ4v) is 10.6. The summed E-state index contributed by atoms with van der Waals surface area (Å²) in [6, 6.07) is 0. The molecular formula is C38H64O9. The quantitative estimate of drug-likeness (QED) is 0.124. The van der Waals surface area contributed by atoms with Crippen LogP contribution in [0.4, 0.5) is 0 Å². The van der Waals surface area contributed by atoms with Crippen molar-refractivity contribution < 1.29 is 44.2 Å². The van der Waals surface area contributed by atoms with Crippen LogP contribution in [0.1, 0.15) is 107 Å². The van der Waals surface area contributed by atoms with E-state index in [0.717, 1.165) is 31.3 Å². The summed E-state index contributed by atoms with van der Waals surface area (Å²) in [5, 5.41) is 43.9. The Morgan fingerprint density at radius 2 is 1.72 bits per heavy atom. The summed E-state index contributed by atoms with van der Waals surface area (Å²) in [6.07, 6.45) is 4.23. The van der Waals surface area contributed by atoms with Crippen molar-refractivity contribution >= 4 is 5.97 Å². The third-order valence-electron chi connectivity index (χ3n) is 13.5. The Morgan fingerprint density at radius 3 is 2.34 bits per heavy atom. The Kier molecular flexibility index (Phi) is 11.6. The lowest BCUT2D eigenvalue weighted by Crippen LogP contribution is -2.65. The molecular weight excluding hydrogens is 600 g/mol. The Bertz CT molecular complexity index is 1150. The van der Waals surface area contributed by atoms with E-state index in [4.69, 9.17) is 18.9 Å². The van der Waals surface area contributed by atoms with Crippen LogP contribution >= 0.6 is 0 Å². The Balaban J connectivity index is 1.77. The van der Waals surface area contributed by atoms with Crippen LogP contribution in [-0.4, -0.2) is 88.6 Å². The highest BCUT2D eigenvalue weighted by Gasteiger charge is 2.70. The molecule has 4 fully saturated rings. The van der Waals surface area contributed by atoms with E-state index in [-0.39, 0.29) is 52.5 Å². The van der Waals surface area contributed by atoms with Gasteiger partial charge in [-0.05, 0) is 119 Å². The zero-order valence-electron chi connectivity index (χ0n) is 30.5. The normalized spacial score (nSPS) is 43.6. The molecule has 9 heteroatoms. The number of hydrogen-bond donors (Lipinski definition) is 4. The molecule has 4 aliphatic rings. The summed E-state index contributed by atoms with van der Waals surface area (Å²) in [7, 11) is 1.67.